The van der Waals surface area contributed by atoms with E-state index in [1.807, 2.05) is 12.3 Å². The van der Waals surface area contributed by atoms with Crippen LogP contribution < -0.4 is 16.0 Å². The monoisotopic (exact) mass is 306 g/mol. The molecule has 13 heavy (non-hydrogen) atoms. The summed E-state index contributed by atoms with van der Waals surface area (Å²) in [5.74, 6) is 1.22. The normalized spacial score (nSPS) is 11.7. The summed E-state index contributed by atoms with van der Waals surface area (Å²) in [6.07, 6.45) is 1.83. The van der Waals surface area contributed by atoms with Gasteiger partial charge in [-0.1, -0.05) is 31.9 Å². The van der Waals surface area contributed by atoms with Crippen molar-refractivity contribution >= 4 is 49.7 Å². The molecule has 0 amide bonds. The van der Waals surface area contributed by atoms with Crippen LogP contribution in [0.15, 0.2) is 22.7 Å². The smallest absolute Gasteiger partial charge is 0.223 e. The molecule has 1 heterocycles. The predicted molar refractivity (Wildman–Crippen MR) is 62.5 cm³/mol. The van der Waals surface area contributed by atoms with E-state index in [-0.39, 0.29) is 0 Å². The van der Waals surface area contributed by atoms with Gasteiger partial charge in [0.15, 0.2) is 0 Å². The lowest BCUT2D eigenvalue weighted by atomic mass is 10.4. The maximum Gasteiger partial charge on any atom is 0.223 e. The van der Waals surface area contributed by atoms with E-state index >= 15 is 0 Å². The standard InChI is InChI=1S/C8H9Br2N3/c9-4-6(10)5-13-7(11)2-1-3-8(13)12/h1-3,5H,4H2,(H3,11,12)/p+1. The number of alkyl halides is 1. The van der Waals surface area contributed by atoms with Crippen molar-refractivity contribution in [1.29, 1.82) is 0 Å². The van der Waals surface area contributed by atoms with Gasteiger partial charge in [-0.15, -0.1) is 0 Å². The van der Waals surface area contributed by atoms with Crippen molar-refractivity contribution in [3.8, 4) is 0 Å². The number of aromatic nitrogens is 1. The predicted octanol–water partition coefficient (Wildman–Crippen LogP) is 1.73. The Morgan fingerprint density at radius 1 is 1.38 bits per heavy atom. The van der Waals surface area contributed by atoms with Gasteiger partial charge in [0.1, 0.15) is 0 Å². The fourth-order valence-corrected chi connectivity index (χ4v) is 1.23. The molecule has 0 unspecified atom stereocenters. The van der Waals surface area contributed by atoms with E-state index in [1.54, 1.807) is 16.7 Å². The van der Waals surface area contributed by atoms with Crippen LogP contribution in [-0.4, -0.2) is 5.33 Å². The number of hydrogen-bond acceptors (Lipinski definition) is 2. The average molecular weight is 308 g/mol. The van der Waals surface area contributed by atoms with Gasteiger partial charge in [-0.2, -0.15) is 0 Å². The molecule has 1 rings (SSSR count). The van der Waals surface area contributed by atoms with E-state index in [4.69, 9.17) is 11.5 Å². The molecule has 0 spiro atoms. The Morgan fingerprint density at radius 3 is 2.38 bits per heavy atom. The van der Waals surface area contributed by atoms with E-state index < -0.39 is 0 Å². The van der Waals surface area contributed by atoms with Crippen molar-refractivity contribution < 1.29 is 4.57 Å². The number of halogens is 2. The first-order valence-electron chi connectivity index (χ1n) is 3.63. The molecule has 1 aromatic heterocycles. The second-order valence-corrected chi connectivity index (χ2v) is 4.03. The van der Waals surface area contributed by atoms with Gasteiger partial charge in [-0.25, -0.2) is 4.57 Å². The molecule has 3 nitrogen and oxygen atoms in total. The van der Waals surface area contributed by atoms with Gasteiger partial charge in [-0.05, 0) is 6.07 Å². The van der Waals surface area contributed by atoms with Crippen LogP contribution in [0.25, 0.3) is 6.20 Å². The largest absolute Gasteiger partial charge is 0.318 e. The maximum absolute atomic E-state index is 5.73. The second kappa shape index (κ2) is 4.62. The third-order valence-electron chi connectivity index (χ3n) is 1.49. The van der Waals surface area contributed by atoms with Gasteiger partial charge in [0.05, 0.1) is 6.20 Å². The number of pyridine rings is 1. The van der Waals surface area contributed by atoms with Crippen molar-refractivity contribution in [3.63, 3.8) is 0 Å². The minimum Gasteiger partial charge on any atom is -0.318 e. The summed E-state index contributed by atoms with van der Waals surface area (Å²) in [7, 11) is 0. The molecule has 0 aliphatic rings. The van der Waals surface area contributed by atoms with E-state index in [9.17, 15) is 0 Å². The Kier molecular flexibility index (Phi) is 3.74. The van der Waals surface area contributed by atoms with Crippen molar-refractivity contribution in [2.75, 3.05) is 16.8 Å². The molecule has 0 saturated carbocycles. The third-order valence-corrected chi connectivity index (χ3v) is 3.33. The van der Waals surface area contributed by atoms with Crippen LogP contribution in [0, 0.1) is 0 Å². The zero-order valence-electron chi connectivity index (χ0n) is 6.87. The minimum atomic E-state index is 0.609. The number of rotatable bonds is 2. The van der Waals surface area contributed by atoms with Crippen molar-refractivity contribution in [2.45, 2.75) is 0 Å². The Morgan fingerprint density at radius 2 is 1.92 bits per heavy atom. The first-order chi connectivity index (χ1) is 6.15. The molecule has 1 aromatic rings. The summed E-state index contributed by atoms with van der Waals surface area (Å²) < 4.78 is 2.69. The zero-order valence-corrected chi connectivity index (χ0v) is 10.0. The fraction of sp³-hybridized carbons (Fsp3) is 0.125. The van der Waals surface area contributed by atoms with E-state index in [0.29, 0.717) is 11.6 Å². The SMILES string of the molecule is Nc1cccc(N)[n+]1C=C(Br)CBr. The molecular formula is C8H10Br2N3+. The van der Waals surface area contributed by atoms with E-state index in [1.165, 1.54) is 0 Å². The number of nitrogens with zero attached hydrogens (tertiary/aromatic N) is 1. The van der Waals surface area contributed by atoms with Crippen LogP contribution >= 0.6 is 31.9 Å². The second-order valence-electron chi connectivity index (χ2n) is 2.46. The van der Waals surface area contributed by atoms with Gasteiger partial charge in [0.25, 0.3) is 0 Å². The van der Waals surface area contributed by atoms with Crippen LogP contribution in [0.2, 0.25) is 0 Å². The highest BCUT2D eigenvalue weighted by Crippen LogP contribution is 2.09. The Balaban J connectivity index is 3.14. The molecule has 0 radical (unpaired) electrons. The Hall–Kier alpha value is -0.550. The van der Waals surface area contributed by atoms with Crippen molar-refractivity contribution in [3.05, 3.63) is 22.7 Å². The number of nitrogen functional groups attached to an aromatic ring is 2. The van der Waals surface area contributed by atoms with Gasteiger partial charge in [0.2, 0.25) is 11.6 Å². The number of nitrogens with two attached hydrogens (primary N) is 2. The number of anilines is 2. The van der Waals surface area contributed by atoms with Gasteiger partial charge in [-0.3, -0.25) is 0 Å². The molecule has 0 bridgehead atoms. The molecule has 0 aliphatic heterocycles. The zero-order chi connectivity index (χ0) is 9.84. The molecule has 0 aliphatic carbocycles. The molecule has 0 saturated heterocycles. The molecule has 4 N–H and O–H groups in total. The number of allylic oxidation sites excluding steroid dienone is 1. The van der Waals surface area contributed by atoms with Crippen LogP contribution in [0.5, 0.6) is 0 Å². The number of hydrogen-bond donors (Lipinski definition) is 2. The molecule has 0 aromatic carbocycles. The highest BCUT2D eigenvalue weighted by atomic mass is 79.9. The molecule has 70 valence electrons. The van der Waals surface area contributed by atoms with Crippen LogP contribution in [0.4, 0.5) is 11.6 Å². The highest BCUT2D eigenvalue weighted by molar-refractivity contribution is 9.13. The third kappa shape index (κ3) is 2.70. The van der Waals surface area contributed by atoms with Crippen LogP contribution in [-0.2, 0) is 0 Å². The molecule has 5 heteroatoms. The Bertz CT molecular complexity index is 316. The summed E-state index contributed by atoms with van der Waals surface area (Å²) in [4.78, 5) is 0. The fourth-order valence-electron chi connectivity index (χ4n) is 0.879. The lowest BCUT2D eigenvalue weighted by molar-refractivity contribution is -0.536. The van der Waals surface area contributed by atoms with E-state index in [2.05, 4.69) is 31.9 Å². The highest BCUT2D eigenvalue weighted by Gasteiger charge is 2.03. The van der Waals surface area contributed by atoms with Gasteiger partial charge in [0, 0.05) is 21.9 Å². The summed E-state index contributed by atoms with van der Waals surface area (Å²) in [5.41, 5.74) is 11.5. The summed E-state index contributed by atoms with van der Waals surface area (Å²) in [5, 5.41) is 0.730. The van der Waals surface area contributed by atoms with E-state index in [0.717, 1.165) is 9.81 Å². The molecule has 0 atom stereocenters. The first kappa shape index (κ1) is 10.5. The lowest BCUT2D eigenvalue weighted by Gasteiger charge is -2.01. The first-order valence-corrected chi connectivity index (χ1v) is 5.54. The Labute approximate surface area is 93.7 Å². The minimum absolute atomic E-state index is 0.609. The average Bonchev–Trinajstić information content (AvgIpc) is 2.11. The quantitative estimate of drug-likeness (QED) is 0.646. The lowest BCUT2D eigenvalue weighted by Crippen LogP contribution is -2.34. The summed E-state index contributed by atoms with van der Waals surface area (Å²) in [6, 6.07) is 5.40. The van der Waals surface area contributed by atoms with Gasteiger partial charge >= 0.3 is 0 Å². The van der Waals surface area contributed by atoms with Crippen LogP contribution in [0.3, 0.4) is 0 Å². The molecule has 0 fully saturated rings. The van der Waals surface area contributed by atoms with Gasteiger partial charge < -0.3 is 11.5 Å². The molecular weight excluding hydrogens is 298 g/mol. The van der Waals surface area contributed by atoms with Crippen molar-refractivity contribution in [1.82, 2.24) is 0 Å². The summed E-state index contributed by atoms with van der Waals surface area (Å²) in [6.45, 7) is 0. The maximum atomic E-state index is 5.73. The van der Waals surface area contributed by atoms with Crippen molar-refractivity contribution in [2.24, 2.45) is 0 Å². The topological polar surface area (TPSA) is 55.9 Å². The summed E-state index contributed by atoms with van der Waals surface area (Å²) >= 11 is 6.68. The van der Waals surface area contributed by atoms with Crippen LogP contribution in [0.1, 0.15) is 0 Å².